The maximum atomic E-state index is 12.1. The Labute approximate surface area is 160 Å². The van der Waals surface area contributed by atoms with E-state index in [1.54, 1.807) is 7.05 Å². The molecule has 1 aromatic carbocycles. The minimum absolute atomic E-state index is 0.333. The van der Waals surface area contributed by atoms with Gasteiger partial charge in [-0.15, -0.1) is 0 Å². The van der Waals surface area contributed by atoms with Crippen LogP contribution in [0.15, 0.2) is 35.3 Å². The van der Waals surface area contributed by atoms with Crippen LogP contribution in [0.3, 0.4) is 0 Å². The van der Waals surface area contributed by atoms with E-state index in [1.807, 2.05) is 37.3 Å². The third kappa shape index (κ3) is 7.36. The summed E-state index contributed by atoms with van der Waals surface area (Å²) in [4.78, 5) is 4.32. The van der Waals surface area contributed by atoms with Crippen LogP contribution in [0.5, 0.6) is 5.75 Å². The summed E-state index contributed by atoms with van der Waals surface area (Å²) in [5.74, 6) is 2.53. The van der Waals surface area contributed by atoms with E-state index in [4.69, 9.17) is 4.74 Å². The van der Waals surface area contributed by atoms with Crippen LogP contribution in [0.2, 0.25) is 0 Å². The lowest BCUT2D eigenvalue weighted by atomic mass is 9.95. The van der Waals surface area contributed by atoms with Crippen molar-refractivity contribution in [1.29, 1.82) is 0 Å². The fourth-order valence-electron chi connectivity index (χ4n) is 3.28. The number of hydrogen-bond donors (Lipinski definition) is 2. The Morgan fingerprint density at radius 2 is 2.08 bits per heavy atom. The zero-order valence-corrected chi connectivity index (χ0v) is 16.9. The number of ether oxygens (including phenoxy) is 1. The van der Waals surface area contributed by atoms with Crippen molar-refractivity contribution in [3.8, 4) is 5.75 Å². The Hall–Kier alpha value is -1.56. The first-order chi connectivity index (χ1) is 12.7. The molecule has 5 nitrogen and oxygen atoms in total. The van der Waals surface area contributed by atoms with Crippen LogP contribution in [-0.4, -0.2) is 47.4 Å². The van der Waals surface area contributed by atoms with Crippen molar-refractivity contribution in [1.82, 2.24) is 10.6 Å². The lowest BCUT2D eigenvalue weighted by molar-refractivity contribution is 0.307. The van der Waals surface area contributed by atoms with Gasteiger partial charge in [0.2, 0.25) is 0 Å². The van der Waals surface area contributed by atoms with Gasteiger partial charge in [-0.1, -0.05) is 31.5 Å². The zero-order valence-electron chi connectivity index (χ0n) is 16.1. The molecule has 3 unspecified atom stereocenters. The lowest BCUT2D eigenvalue weighted by Crippen LogP contribution is -2.46. The number of nitrogens with zero attached hydrogens (tertiary/aromatic N) is 1. The topological polar surface area (TPSA) is 62.7 Å². The second kappa shape index (κ2) is 11.9. The van der Waals surface area contributed by atoms with Gasteiger partial charge in [-0.2, -0.15) is 0 Å². The molecular weight excluding hydrogens is 346 g/mol. The SMILES string of the molecule is CCS(=O)C1CCCC(NC(=NC)NCCCCOc2ccccc2)C1. The second-order valence-corrected chi connectivity index (χ2v) is 8.67. The van der Waals surface area contributed by atoms with Gasteiger partial charge in [-0.05, 0) is 44.2 Å². The predicted molar refractivity (Wildman–Crippen MR) is 110 cm³/mol. The molecule has 0 bridgehead atoms. The number of benzene rings is 1. The van der Waals surface area contributed by atoms with Gasteiger partial charge in [0.25, 0.3) is 0 Å². The van der Waals surface area contributed by atoms with Gasteiger partial charge < -0.3 is 15.4 Å². The average Bonchev–Trinajstić information content (AvgIpc) is 2.70. The minimum Gasteiger partial charge on any atom is -0.494 e. The van der Waals surface area contributed by atoms with Crippen LogP contribution in [0.25, 0.3) is 0 Å². The van der Waals surface area contributed by atoms with Crippen molar-refractivity contribution >= 4 is 16.8 Å². The summed E-state index contributed by atoms with van der Waals surface area (Å²) in [6.07, 6.45) is 6.36. The third-order valence-electron chi connectivity index (χ3n) is 4.72. The highest BCUT2D eigenvalue weighted by Gasteiger charge is 2.25. The first-order valence-electron chi connectivity index (χ1n) is 9.75. The second-order valence-electron chi connectivity index (χ2n) is 6.67. The quantitative estimate of drug-likeness (QED) is 0.393. The summed E-state index contributed by atoms with van der Waals surface area (Å²) in [5, 5.41) is 7.22. The van der Waals surface area contributed by atoms with Crippen LogP contribution in [0.1, 0.15) is 45.4 Å². The van der Waals surface area contributed by atoms with Crippen molar-refractivity contribution in [2.75, 3.05) is 26.0 Å². The summed E-state index contributed by atoms with van der Waals surface area (Å²) in [6, 6.07) is 10.3. The number of rotatable bonds is 9. The molecule has 146 valence electrons. The van der Waals surface area contributed by atoms with E-state index >= 15 is 0 Å². The summed E-state index contributed by atoms with van der Waals surface area (Å²) in [5.41, 5.74) is 0. The smallest absolute Gasteiger partial charge is 0.191 e. The van der Waals surface area contributed by atoms with Gasteiger partial charge in [-0.25, -0.2) is 0 Å². The lowest BCUT2D eigenvalue weighted by Gasteiger charge is -2.30. The molecule has 2 rings (SSSR count). The number of hydrogen-bond acceptors (Lipinski definition) is 3. The molecule has 1 aliphatic rings. The summed E-state index contributed by atoms with van der Waals surface area (Å²) >= 11 is 0. The van der Waals surface area contributed by atoms with Crippen molar-refractivity contribution in [3.05, 3.63) is 30.3 Å². The highest BCUT2D eigenvalue weighted by atomic mass is 32.2. The van der Waals surface area contributed by atoms with E-state index < -0.39 is 10.8 Å². The fraction of sp³-hybridized carbons (Fsp3) is 0.650. The molecule has 0 amide bonds. The van der Waals surface area contributed by atoms with Gasteiger partial charge in [0.15, 0.2) is 5.96 Å². The molecular formula is C20H33N3O2S. The van der Waals surface area contributed by atoms with Crippen molar-refractivity contribution in [2.24, 2.45) is 4.99 Å². The first kappa shape index (κ1) is 20.7. The fourth-order valence-corrected chi connectivity index (χ4v) is 4.63. The van der Waals surface area contributed by atoms with E-state index in [-0.39, 0.29) is 0 Å². The molecule has 0 heterocycles. The molecule has 6 heteroatoms. The van der Waals surface area contributed by atoms with Crippen molar-refractivity contribution < 1.29 is 8.95 Å². The number of nitrogens with one attached hydrogen (secondary N) is 2. The highest BCUT2D eigenvalue weighted by molar-refractivity contribution is 7.85. The Morgan fingerprint density at radius 3 is 2.81 bits per heavy atom. The normalized spacial score (nSPS) is 21.8. The van der Waals surface area contributed by atoms with E-state index in [1.165, 1.54) is 0 Å². The molecule has 1 saturated carbocycles. The van der Waals surface area contributed by atoms with Gasteiger partial charge in [0, 0.05) is 41.4 Å². The number of guanidine groups is 1. The predicted octanol–water partition coefficient (Wildman–Crippen LogP) is 3.09. The summed E-state index contributed by atoms with van der Waals surface area (Å²) in [6.45, 7) is 3.61. The van der Waals surface area contributed by atoms with Crippen LogP contribution in [0.4, 0.5) is 0 Å². The van der Waals surface area contributed by atoms with E-state index in [0.29, 0.717) is 11.3 Å². The molecule has 1 aliphatic carbocycles. The number of aliphatic imine (C=N–C) groups is 1. The zero-order chi connectivity index (χ0) is 18.6. The van der Waals surface area contributed by atoms with Gasteiger partial charge in [0.05, 0.1) is 6.61 Å². The Kier molecular flexibility index (Phi) is 9.53. The van der Waals surface area contributed by atoms with Crippen molar-refractivity contribution in [2.45, 2.75) is 56.7 Å². The Morgan fingerprint density at radius 1 is 1.27 bits per heavy atom. The van der Waals surface area contributed by atoms with Crippen LogP contribution >= 0.6 is 0 Å². The Bertz CT molecular complexity index is 565. The largest absolute Gasteiger partial charge is 0.494 e. The number of para-hydroxylation sites is 1. The summed E-state index contributed by atoms with van der Waals surface area (Å²) in [7, 11) is 1.11. The van der Waals surface area contributed by atoms with Crippen LogP contribution in [0, 0.1) is 0 Å². The average molecular weight is 380 g/mol. The molecule has 26 heavy (non-hydrogen) atoms. The molecule has 0 radical (unpaired) electrons. The maximum Gasteiger partial charge on any atom is 0.191 e. The molecule has 3 atom stereocenters. The molecule has 0 saturated heterocycles. The molecule has 1 aromatic rings. The maximum absolute atomic E-state index is 12.1. The van der Waals surface area contributed by atoms with Gasteiger partial charge >= 0.3 is 0 Å². The van der Waals surface area contributed by atoms with Crippen LogP contribution in [-0.2, 0) is 10.8 Å². The monoisotopic (exact) mass is 379 g/mol. The van der Waals surface area contributed by atoms with Gasteiger partial charge in [0.1, 0.15) is 5.75 Å². The van der Waals surface area contributed by atoms with E-state index in [9.17, 15) is 4.21 Å². The van der Waals surface area contributed by atoms with Crippen molar-refractivity contribution in [3.63, 3.8) is 0 Å². The van der Waals surface area contributed by atoms with Gasteiger partial charge in [-0.3, -0.25) is 9.20 Å². The molecule has 1 fully saturated rings. The Balaban J connectivity index is 1.61. The first-order valence-corrected chi connectivity index (χ1v) is 11.1. The highest BCUT2D eigenvalue weighted by Crippen LogP contribution is 2.22. The standard InChI is InChI=1S/C20H33N3O2S/c1-3-26(24)19-13-9-10-17(16-19)23-20(21-2)22-14-7-8-15-25-18-11-5-4-6-12-18/h4-6,11-12,17,19H,3,7-10,13-16H2,1-2H3,(H2,21,22,23). The number of unbranched alkanes of at least 4 members (excludes halogenated alkanes) is 1. The third-order valence-corrected chi connectivity index (χ3v) is 6.46. The van der Waals surface area contributed by atoms with E-state index in [0.717, 1.165) is 69.1 Å². The van der Waals surface area contributed by atoms with E-state index in [2.05, 4.69) is 15.6 Å². The molecule has 0 spiro atoms. The molecule has 0 aromatic heterocycles. The summed E-state index contributed by atoms with van der Waals surface area (Å²) < 4.78 is 17.8. The minimum atomic E-state index is -0.690. The molecule has 0 aliphatic heterocycles. The van der Waals surface area contributed by atoms with Crippen LogP contribution < -0.4 is 15.4 Å². The molecule has 2 N–H and O–H groups in total.